The molecule has 0 N–H and O–H groups in total. The van der Waals surface area contributed by atoms with Crippen LogP contribution in [0.2, 0.25) is 0 Å². The second-order valence-corrected chi connectivity index (χ2v) is 2.52. The minimum atomic E-state index is -0.446. The summed E-state index contributed by atoms with van der Waals surface area (Å²) in [5.74, 6) is -0.337. The predicted octanol–water partition coefficient (Wildman–Crippen LogP) is 1.87. The minimum Gasteiger partial charge on any atom is -0.452 e. The van der Waals surface area contributed by atoms with Crippen LogP contribution in [-0.4, -0.2) is 11.0 Å². The van der Waals surface area contributed by atoms with E-state index in [0.717, 1.165) is 0 Å². The number of carbonyl (C=O) groups is 1. The zero-order chi connectivity index (χ0) is 9.68. The molecule has 0 aliphatic carbocycles. The van der Waals surface area contributed by atoms with E-state index in [4.69, 9.17) is 4.74 Å². The number of rotatable bonds is 3. The molecule has 3 heteroatoms. The number of nitrogens with zero attached hydrogens (tertiary/aromatic N) is 1. The molecule has 0 aliphatic rings. The number of hydrogen-bond donors (Lipinski definition) is 0. The molecule has 0 fully saturated rings. The third kappa shape index (κ3) is 2.71. The summed E-state index contributed by atoms with van der Waals surface area (Å²) in [5, 5.41) is 0. The fourth-order valence-corrected chi connectivity index (χ4v) is 0.952. The van der Waals surface area contributed by atoms with Crippen molar-refractivity contribution in [3.8, 4) is 0 Å². The summed E-state index contributed by atoms with van der Waals surface area (Å²) in [6.45, 7) is 4.93. The Morgan fingerprint density at radius 2 is 2.46 bits per heavy atom. The van der Waals surface area contributed by atoms with Gasteiger partial charge in [0.15, 0.2) is 6.10 Å². The first kappa shape index (κ1) is 9.45. The van der Waals surface area contributed by atoms with Crippen molar-refractivity contribution in [3.63, 3.8) is 0 Å². The van der Waals surface area contributed by atoms with Crippen molar-refractivity contribution < 1.29 is 9.53 Å². The molecule has 3 nitrogen and oxygen atoms in total. The van der Waals surface area contributed by atoms with Gasteiger partial charge in [0.1, 0.15) is 0 Å². The van der Waals surface area contributed by atoms with E-state index >= 15 is 0 Å². The molecule has 0 radical (unpaired) electrons. The van der Waals surface area contributed by atoms with E-state index in [1.807, 2.05) is 6.07 Å². The molecule has 0 bridgehead atoms. The van der Waals surface area contributed by atoms with E-state index in [-0.39, 0.29) is 5.97 Å². The lowest BCUT2D eigenvalue weighted by molar-refractivity contribution is -0.144. The maximum atomic E-state index is 10.7. The average Bonchev–Trinajstić information content (AvgIpc) is 2.15. The van der Waals surface area contributed by atoms with Crippen LogP contribution in [0.4, 0.5) is 0 Å². The molecule has 1 aromatic rings. The van der Waals surface area contributed by atoms with E-state index in [1.54, 1.807) is 24.4 Å². The first-order valence-electron chi connectivity index (χ1n) is 3.94. The summed E-state index contributed by atoms with van der Waals surface area (Å²) >= 11 is 0. The standard InChI is InChI=1S/C10H11NO2/c1-3-10(13-8(2)12)9-6-4-5-7-11-9/h3-7,10H,1H2,2H3. The zero-order valence-corrected chi connectivity index (χ0v) is 7.43. The molecule has 0 spiro atoms. The summed E-state index contributed by atoms with van der Waals surface area (Å²) in [4.78, 5) is 14.7. The van der Waals surface area contributed by atoms with Crippen molar-refractivity contribution >= 4 is 5.97 Å². The Bertz CT molecular complexity index is 295. The topological polar surface area (TPSA) is 39.2 Å². The molecule has 1 heterocycles. The predicted molar refractivity (Wildman–Crippen MR) is 48.9 cm³/mol. The van der Waals surface area contributed by atoms with Gasteiger partial charge in [-0.25, -0.2) is 0 Å². The summed E-state index contributed by atoms with van der Waals surface area (Å²) in [6, 6.07) is 5.43. The Labute approximate surface area is 77.1 Å². The third-order valence-corrected chi connectivity index (χ3v) is 1.49. The lowest BCUT2D eigenvalue weighted by atomic mass is 10.2. The van der Waals surface area contributed by atoms with Gasteiger partial charge >= 0.3 is 5.97 Å². The minimum absolute atomic E-state index is 0.337. The monoisotopic (exact) mass is 177 g/mol. The highest BCUT2D eigenvalue weighted by Gasteiger charge is 2.10. The van der Waals surface area contributed by atoms with Crippen LogP contribution in [0.15, 0.2) is 37.1 Å². The highest BCUT2D eigenvalue weighted by atomic mass is 16.5. The smallest absolute Gasteiger partial charge is 0.303 e. The van der Waals surface area contributed by atoms with Gasteiger partial charge in [0, 0.05) is 13.1 Å². The molecule has 1 aromatic heterocycles. The van der Waals surface area contributed by atoms with Gasteiger partial charge in [-0.05, 0) is 18.2 Å². The lowest BCUT2D eigenvalue weighted by Gasteiger charge is -2.11. The van der Waals surface area contributed by atoms with Gasteiger partial charge in [-0.3, -0.25) is 9.78 Å². The van der Waals surface area contributed by atoms with Gasteiger partial charge in [-0.1, -0.05) is 12.6 Å². The largest absolute Gasteiger partial charge is 0.452 e. The molecule has 13 heavy (non-hydrogen) atoms. The van der Waals surface area contributed by atoms with Gasteiger partial charge in [0.2, 0.25) is 0 Å². The summed E-state index contributed by atoms with van der Waals surface area (Å²) in [6.07, 6.45) is 2.75. The molecule has 0 amide bonds. The van der Waals surface area contributed by atoms with Crippen LogP contribution in [0.3, 0.4) is 0 Å². The normalized spacial score (nSPS) is 11.8. The van der Waals surface area contributed by atoms with E-state index in [1.165, 1.54) is 6.92 Å². The van der Waals surface area contributed by atoms with Gasteiger partial charge in [-0.2, -0.15) is 0 Å². The molecule has 0 aliphatic heterocycles. The van der Waals surface area contributed by atoms with Gasteiger partial charge in [0.05, 0.1) is 5.69 Å². The number of pyridine rings is 1. The van der Waals surface area contributed by atoms with Crippen LogP contribution in [0.5, 0.6) is 0 Å². The van der Waals surface area contributed by atoms with E-state index in [2.05, 4.69) is 11.6 Å². The second kappa shape index (κ2) is 4.40. The Morgan fingerprint density at radius 3 is 2.92 bits per heavy atom. The fraction of sp³-hybridized carbons (Fsp3) is 0.200. The number of hydrogen-bond acceptors (Lipinski definition) is 3. The van der Waals surface area contributed by atoms with E-state index in [0.29, 0.717) is 5.69 Å². The summed E-state index contributed by atoms with van der Waals surface area (Å²) in [7, 11) is 0. The quantitative estimate of drug-likeness (QED) is 0.522. The van der Waals surface area contributed by atoms with Crippen molar-refractivity contribution in [2.24, 2.45) is 0 Å². The van der Waals surface area contributed by atoms with Crippen LogP contribution in [0.25, 0.3) is 0 Å². The van der Waals surface area contributed by atoms with Gasteiger partial charge in [0.25, 0.3) is 0 Å². The third-order valence-electron chi connectivity index (χ3n) is 1.49. The van der Waals surface area contributed by atoms with Gasteiger partial charge in [-0.15, -0.1) is 0 Å². The van der Waals surface area contributed by atoms with Crippen molar-refractivity contribution in [3.05, 3.63) is 42.7 Å². The SMILES string of the molecule is C=CC(OC(C)=O)c1ccccn1. The molecule has 1 unspecified atom stereocenters. The average molecular weight is 177 g/mol. The highest BCUT2D eigenvalue weighted by molar-refractivity contribution is 5.66. The first-order chi connectivity index (χ1) is 6.24. The molecular weight excluding hydrogens is 166 g/mol. The summed E-state index contributed by atoms with van der Waals surface area (Å²) in [5.41, 5.74) is 0.688. The molecule has 0 aromatic carbocycles. The maximum absolute atomic E-state index is 10.7. The van der Waals surface area contributed by atoms with Crippen molar-refractivity contribution in [2.75, 3.05) is 0 Å². The molecule has 0 saturated heterocycles. The van der Waals surface area contributed by atoms with Crippen molar-refractivity contribution in [2.45, 2.75) is 13.0 Å². The number of esters is 1. The first-order valence-corrected chi connectivity index (χ1v) is 3.94. The second-order valence-electron chi connectivity index (χ2n) is 2.52. The van der Waals surface area contributed by atoms with Crippen LogP contribution in [-0.2, 0) is 9.53 Å². The van der Waals surface area contributed by atoms with E-state index < -0.39 is 6.10 Å². The molecular formula is C10H11NO2. The lowest BCUT2D eigenvalue weighted by Crippen LogP contribution is -2.07. The molecule has 1 rings (SSSR count). The Balaban J connectivity index is 2.78. The fourth-order valence-electron chi connectivity index (χ4n) is 0.952. The number of ether oxygens (including phenoxy) is 1. The molecule has 68 valence electrons. The number of carbonyl (C=O) groups excluding carboxylic acids is 1. The highest BCUT2D eigenvalue weighted by Crippen LogP contribution is 2.15. The zero-order valence-electron chi connectivity index (χ0n) is 7.43. The van der Waals surface area contributed by atoms with Crippen LogP contribution < -0.4 is 0 Å². The van der Waals surface area contributed by atoms with Crippen LogP contribution >= 0.6 is 0 Å². The molecule has 1 atom stereocenters. The van der Waals surface area contributed by atoms with Crippen LogP contribution in [0, 0.1) is 0 Å². The Hall–Kier alpha value is -1.64. The van der Waals surface area contributed by atoms with Crippen LogP contribution in [0.1, 0.15) is 18.7 Å². The molecule has 0 saturated carbocycles. The van der Waals surface area contributed by atoms with Crippen molar-refractivity contribution in [1.29, 1.82) is 0 Å². The maximum Gasteiger partial charge on any atom is 0.303 e. The number of aromatic nitrogens is 1. The Morgan fingerprint density at radius 1 is 1.69 bits per heavy atom. The Kier molecular flexibility index (Phi) is 3.20. The van der Waals surface area contributed by atoms with Gasteiger partial charge < -0.3 is 4.74 Å². The summed E-state index contributed by atoms with van der Waals surface area (Å²) < 4.78 is 4.97. The van der Waals surface area contributed by atoms with Crippen molar-refractivity contribution in [1.82, 2.24) is 4.98 Å². The van der Waals surface area contributed by atoms with E-state index in [9.17, 15) is 4.79 Å².